The van der Waals surface area contributed by atoms with E-state index in [1.807, 2.05) is 12.1 Å². The Morgan fingerprint density at radius 2 is 1.33 bits per heavy atom. The van der Waals surface area contributed by atoms with Crippen LogP contribution in [0.3, 0.4) is 0 Å². The fourth-order valence-electron chi connectivity index (χ4n) is 1.81. The average Bonchev–Trinajstić information content (AvgIpc) is 2.40. The maximum Gasteiger partial charge on any atom is 0.126 e. The van der Waals surface area contributed by atoms with Crippen molar-refractivity contribution in [2.45, 2.75) is 13.2 Å². The van der Waals surface area contributed by atoms with E-state index in [1.54, 1.807) is 24.3 Å². The minimum atomic E-state index is -0.278. The van der Waals surface area contributed by atoms with Gasteiger partial charge in [-0.05, 0) is 35.4 Å². The van der Waals surface area contributed by atoms with Gasteiger partial charge in [0.15, 0.2) is 0 Å². The summed E-state index contributed by atoms with van der Waals surface area (Å²) in [6.45, 7) is -0.555. The zero-order valence-corrected chi connectivity index (χ0v) is 10.4. The molecule has 3 N–H and O–H groups in total. The summed E-state index contributed by atoms with van der Waals surface area (Å²) in [5.74, 6) is -0.0577. The zero-order chi connectivity index (χ0) is 13.1. The van der Waals surface area contributed by atoms with Crippen molar-refractivity contribution < 1.29 is 15.3 Å². The summed E-state index contributed by atoms with van der Waals surface area (Å²) in [6, 6.07) is 10.6. The van der Waals surface area contributed by atoms with E-state index in [9.17, 15) is 15.3 Å². The molecule has 0 atom stereocenters. The quantitative estimate of drug-likeness (QED) is 0.799. The first kappa shape index (κ1) is 12.9. The number of aromatic hydroxyl groups is 1. The van der Waals surface area contributed by atoms with Gasteiger partial charge in [-0.25, -0.2) is 0 Å². The fraction of sp³-hybridized carbons (Fsp3) is 0.143. The Balaban J connectivity index is 2.54. The molecule has 0 amide bonds. The highest BCUT2D eigenvalue weighted by atomic mass is 35.5. The Kier molecular flexibility index (Phi) is 3.87. The number of benzene rings is 2. The van der Waals surface area contributed by atoms with Crippen molar-refractivity contribution >= 4 is 11.6 Å². The summed E-state index contributed by atoms with van der Waals surface area (Å²) in [7, 11) is 0. The Bertz CT molecular complexity index is 524. The topological polar surface area (TPSA) is 60.7 Å². The van der Waals surface area contributed by atoms with Gasteiger partial charge < -0.3 is 15.3 Å². The highest BCUT2D eigenvalue weighted by Gasteiger charge is 2.10. The molecule has 0 spiro atoms. The minimum Gasteiger partial charge on any atom is -0.507 e. The predicted octanol–water partition coefficient (Wildman–Crippen LogP) is 2.70. The molecule has 0 aliphatic carbocycles. The number of hydrogen-bond acceptors (Lipinski definition) is 3. The molecule has 2 rings (SSSR count). The van der Waals surface area contributed by atoms with Crippen molar-refractivity contribution in [2.24, 2.45) is 0 Å². The summed E-state index contributed by atoms with van der Waals surface area (Å²) in [5, 5.41) is 28.8. The molecule has 2 aromatic rings. The second kappa shape index (κ2) is 5.40. The summed E-state index contributed by atoms with van der Waals surface area (Å²) in [6.07, 6.45) is 0. The number of aliphatic hydroxyl groups is 2. The molecule has 0 aromatic heterocycles. The first-order valence-electron chi connectivity index (χ1n) is 5.48. The molecule has 0 unspecified atom stereocenters. The molecule has 0 saturated heterocycles. The molecule has 0 aliphatic heterocycles. The monoisotopic (exact) mass is 264 g/mol. The molecule has 0 heterocycles. The Labute approximate surface area is 110 Å². The molecule has 0 saturated carbocycles. The maximum atomic E-state index is 9.76. The minimum absolute atomic E-state index is 0.0577. The van der Waals surface area contributed by atoms with Crippen molar-refractivity contribution in [2.75, 3.05) is 0 Å². The molecule has 0 bridgehead atoms. The number of phenols is 1. The van der Waals surface area contributed by atoms with Crippen LogP contribution in [-0.4, -0.2) is 15.3 Å². The first-order chi connectivity index (χ1) is 8.65. The normalized spacial score (nSPS) is 10.6. The highest BCUT2D eigenvalue weighted by Crippen LogP contribution is 2.30. The van der Waals surface area contributed by atoms with E-state index in [2.05, 4.69) is 0 Å². The van der Waals surface area contributed by atoms with E-state index in [0.29, 0.717) is 16.1 Å². The van der Waals surface area contributed by atoms with E-state index in [0.717, 1.165) is 11.1 Å². The van der Waals surface area contributed by atoms with Crippen molar-refractivity contribution in [3.05, 3.63) is 52.5 Å². The number of halogens is 1. The summed E-state index contributed by atoms with van der Waals surface area (Å²) in [4.78, 5) is 0. The van der Waals surface area contributed by atoms with E-state index < -0.39 is 0 Å². The van der Waals surface area contributed by atoms with Gasteiger partial charge in [-0.15, -0.1) is 0 Å². The molecule has 2 aromatic carbocycles. The van der Waals surface area contributed by atoms with Crippen molar-refractivity contribution in [3.8, 4) is 16.9 Å². The second-order valence-electron chi connectivity index (χ2n) is 3.97. The highest BCUT2D eigenvalue weighted by molar-refractivity contribution is 6.30. The molecule has 18 heavy (non-hydrogen) atoms. The van der Waals surface area contributed by atoms with Gasteiger partial charge in [0.1, 0.15) is 5.75 Å². The second-order valence-corrected chi connectivity index (χ2v) is 4.40. The van der Waals surface area contributed by atoms with Crippen molar-refractivity contribution in [1.82, 2.24) is 0 Å². The van der Waals surface area contributed by atoms with Crippen LogP contribution in [0, 0.1) is 0 Å². The standard InChI is InChI=1S/C14H13ClO3/c15-13-3-1-9(2-4-13)10-5-11(7-16)14(18)12(6-10)8-17/h1-6,16-18H,7-8H2. The van der Waals surface area contributed by atoms with Gasteiger partial charge in [-0.2, -0.15) is 0 Å². The molecule has 94 valence electrons. The summed E-state index contributed by atoms with van der Waals surface area (Å²) >= 11 is 5.82. The van der Waals surface area contributed by atoms with Gasteiger partial charge in [0.2, 0.25) is 0 Å². The van der Waals surface area contributed by atoms with Crippen LogP contribution in [0.4, 0.5) is 0 Å². The van der Waals surface area contributed by atoms with Gasteiger partial charge in [0.25, 0.3) is 0 Å². The van der Waals surface area contributed by atoms with E-state index in [1.165, 1.54) is 0 Å². The van der Waals surface area contributed by atoms with Gasteiger partial charge in [0.05, 0.1) is 13.2 Å². The van der Waals surface area contributed by atoms with Crippen LogP contribution in [-0.2, 0) is 13.2 Å². The van der Waals surface area contributed by atoms with Crippen LogP contribution < -0.4 is 0 Å². The van der Waals surface area contributed by atoms with E-state index >= 15 is 0 Å². The molecular formula is C14H13ClO3. The van der Waals surface area contributed by atoms with Crippen LogP contribution in [0.5, 0.6) is 5.75 Å². The zero-order valence-electron chi connectivity index (χ0n) is 9.60. The molecule has 0 aliphatic rings. The van der Waals surface area contributed by atoms with Gasteiger partial charge in [-0.3, -0.25) is 0 Å². The Hall–Kier alpha value is -1.55. The lowest BCUT2D eigenvalue weighted by molar-refractivity contribution is 0.264. The van der Waals surface area contributed by atoms with Crippen LogP contribution in [0.25, 0.3) is 11.1 Å². The third kappa shape index (κ3) is 2.48. The third-order valence-electron chi connectivity index (χ3n) is 2.79. The fourth-order valence-corrected chi connectivity index (χ4v) is 1.94. The predicted molar refractivity (Wildman–Crippen MR) is 70.4 cm³/mol. The Morgan fingerprint density at radius 1 is 0.833 bits per heavy atom. The number of aliphatic hydroxyl groups excluding tert-OH is 2. The SMILES string of the molecule is OCc1cc(-c2ccc(Cl)cc2)cc(CO)c1O. The number of hydrogen-bond donors (Lipinski definition) is 3. The number of rotatable bonds is 3. The van der Waals surface area contributed by atoms with Crippen molar-refractivity contribution in [1.29, 1.82) is 0 Å². The summed E-state index contributed by atoms with van der Waals surface area (Å²) < 4.78 is 0. The molecular weight excluding hydrogens is 252 g/mol. The summed E-state index contributed by atoms with van der Waals surface area (Å²) in [5.41, 5.74) is 2.51. The van der Waals surface area contributed by atoms with E-state index in [-0.39, 0.29) is 19.0 Å². The lowest BCUT2D eigenvalue weighted by atomic mass is 9.99. The van der Waals surface area contributed by atoms with Gasteiger partial charge in [-0.1, -0.05) is 23.7 Å². The molecule has 3 nitrogen and oxygen atoms in total. The van der Waals surface area contributed by atoms with Gasteiger partial charge >= 0.3 is 0 Å². The average molecular weight is 265 g/mol. The first-order valence-corrected chi connectivity index (χ1v) is 5.86. The van der Waals surface area contributed by atoms with Gasteiger partial charge in [0, 0.05) is 16.1 Å². The molecule has 4 heteroatoms. The lowest BCUT2D eigenvalue weighted by Crippen LogP contribution is -1.93. The van der Waals surface area contributed by atoms with Crippen LogP contribution >= 0.6 is 11.6 Å². The van der Waals surface area contributed by atoms with Crippen LogP contribution in [0.2, 0.25) is 5.02 Å². The largest absolute Gasteiger partial charge is 0.507 e. The maximum absolute atomic E-state index is 9.76. The van der Waals surface area contributed by atoms with E-state index in [4.69, 9.17) is 11.6 Å². The third-order valence-corrected chi connectivity index (χ3v) is 3.04. The Morgan fingerprint density at radius 3 is 1.78 bits per heavy atom. The van der Waals surface area contributed by atoms with Crippen LogP contribution in [0.15, 0.2) is 36.4 Å². The lowest BCUT2D eigenvalue weighted by Gasteiger charge is -2.10. The van der Waals surface area contributed by atoms with Crippen LogP contribution in [0.1, 0.15) is 11.1 Å². The molecule has 0 radical (unpaired) electrons. The smallest absolute Gasteiger partial charge is 0.126 e. The van der Waals surface area contributed by atoms with Crippen molar-refractivity contribution in [3.63, 3.8) is 0 Å². The molecule has 0 fully saturated rings.